The van der Waals surface area contributed by atoms with E-state index in [2.05, 4.69) is 35.9 Å². The van der Waals surface area contributed by atoms with E-state index in [1.807, 2.05) is 5.51 Å². The zero-order valence-electron chi connectivity index (χ0n) is 13.0. The van der Waals surface area contributed by atoms with Crippen LogP contribution < -0.4 is 10.6 Å². The first kappa shape index (κ1) is 14.6. The largest absolute Gasteiger partial charge is 0.395 e. The van der Waals surface area contributed by atoms with Crippen molar-refractivity contribution in [2.75, 3.05) is 17.2 Å². The van der Waals surface area contributed by atoms with Gasteiger partial charge in [0, 0.05) is 12.6 Å². The molecule has 3 rings (SSSR count). The van der Waals surface area contributed by atoms with E-state index in [1.54, 1.807) is 11.3 Å². The van der Waals surface area contributed by atoms with Gasteiger partial charge in [-0.1, -0.05) is 26.7 Å². The van der Waals surface area contributed by atoms with E-state index in [-0.39, 0.29) is 0 Å². The summed E-state index contributed by atoms with van der Waals surface area (Å²) in [6.07, 6.45) is 6.51. The first-order valence-corrected chi connectivity index (χ1v) is 8.93. The number of rotatable bonds is 5. The van der Waals surface area contributed by atoms with Gasteiger partial charge in [-0.2, -0.15) is 0 Å². The quantitative estimate of drug-likeness (QED) is 0.816. The van der Waals surface area contributed by atoms with Gasteiger partial charge in [0.25, 0.3) is 0 Å². The molecule has 1 aliphatic carbocycles. The van der Waals surface area contributed by atoms with Crippen LogP contribution in [0.2, 0.25) is 0 Å². The average Bonchev–Trinajstić information content (AvgIpc) is 3.11. The number of aromatic nitrogens is 1. The number of benzene rings is 1. The summed E-state index contributed by atoms with van der Waals surface area (Å²) in [4.78, 5) is 7.01. The molecule has 21 heavy (non-hydrogen) atoms. The fourth-order valence-electron chi connectivity index (χ4n) is 3.30. The van der Waals surface area contributed by atoms with Crippen molar-refractivity contribution >= 4 is 32.9 Å². The lowest BCUT2D eigenvalue weighted by Crippen LogP contribution is -2.35. The van der Waals surface area contributed by atoms with Crippen molar-refractivity contribution in [3.8, 4) is 0 Å². The van der Waals surface area contributed by atoms with Crippen LogP contribution in [0.15, 0.2) is 17.6 Å². The number of nitrogen functional groups attached to an aromatic ring is 1. The van der Waals surface area contributed by atoms with Crippen LogP contribution in [0, 0.1) is 5.92 Å². The van der Waals surface area contributed by atoms with Gasteiger partial charge in [0.05, 0.1) is 21.6 Å². The van der Waals surface area contributed by atoms with Crippen LogP contribution in [0.4, 0.5) is 11.4 Å². The Morgan fingerprint density at radius 2 is 2.10 bits per heavy atom. The summed E-state index contributed by atoms with van der Waals surface area (Å²) in [5.74, 6) is 0.720. The monoisotopic (exact) mass is 303 g/mol. The molecule has 0 amide bonds. The normalized spacial score (nSPS) is 16.1. The van der Waals surface area contributed by atoms with E-state index in [4.69, 9.17) is 5.73 Å². The number of thiazole rings is 1. The standard InChI is InChI=1S/C17H25N3S/c1-12(2)9-10-20(13-5-3-4-6-13)14-7-8-15-17(16(14)18)19-11-21-15/h7-8,11-13H,3-6,9-10,18H2,1-2H3. The van der Waals surface area contributed by atoms with Gasteiger partial charge in [-0.3, -0.25) is 0 Å². The molecule has 0 radical (unpaired) electrons. The molecule has 2 N–H and O–H groups in total. The maximum Gasteiger partial charge on any atom is 0.106 e. The van der Waals surface area contributed by atoms with Crippen LogP contribution in [0.3, 0.4) is 0 Å². The average molecular weight is 303 g/mol. The molecule has 1 aromatic carbocycles. The summed E-state index contributed by atoms with van der Waals surface area (Å²) in [7, 11) is 0. The van der Waals surface area contributed by atoms with Gasteiger partial charge in [0.1, 0.15) is 5.52 Å². The molecule has 1 fully saturated rings. The van der Waals surface area contributed by atoms with E-state index >= 15 is 0 Å². The van der Waals surface area contributed by atoms with Crippen LogP contribution in [0.1, 0.15) is 46.0 Å². The van der Waals surface area contributed by atoms with Gasteiger partial charge >= 0.3 is 0 Å². The Morgan fingerprint density at radius 3 is 2.81 bits per heavy atom. The number of fused-ring (bicyclic) bond motifs is 1. The number of nitrogens with zero attached hydrogens (tertiary/aromatic N) is 2. The molecular formula is C17H25N3S. The highest BCUT2D eigenvalue weighted by Crippen LogP contribution is 2.36. The lowest BCUT2D eigenvalue weighted by Gasteiger charge is -2.33. The number of hydrogen-bond donors (Lipinski definition) is 1. The summed E-state index contributed by atoms with van der Waals surface area (Å²) in [5.41, 5.74) is 11.4. The van der Waals surface area contributed by atoms with Crippen molar-refractivity contribution in [2.24, 2.45) is 5.92 Å². The topological polar surface area (TPSA) is 42.2 Å². The summed E-state index contributed by atoms with van der Waals surface area (Å²) >= 11 is 1.66. The summed E-state index contributed by atoms with van der Waals surface area (Å²) in [5, 5.41) is 0. The highest BCUT2D eigenvalue weighted by atomic mass is 32.1. The van der Waals surface area contributed by atoms with Crippen molar-refractivity contribution in [1.82, 2.24) is 4.98 Å². The van der Waals surface area contributed by atoms with Gasteiger partial charge in [-0.25, -0.2) is 4.98 Å². The fraction of sp³-hybridized carbons (Fsp3) is 0.588. The van der Waals surface area contributed by atoms with Crippen LogP contribution in [0.25, 0.3) is 10.2 Å². The Hall–Kier alpha value is -1.29. The Morgan fingerprint density at radius 1 is 1.33 bits per heavy atom. The van der Waals surface area contributed by atoms with Crippen LogP contribution in [-0.4, -0.2) is 17.6 Å². The minimum Gasteiger partial charge on any atom is -0.395 e. The fourth-order valence-corrected chi connectivity index (χ4v) is 4.00. The first-order chi connectivity index (χ1) is 10.2. The van der Waals surface area contributed by atoms with Crippen LogP contribution in [-0.2, 0) is 0 Å². The van der Waals surface area contributed by atoms with Crippen molar-refractivity contribution in [2.45, 2.75) is 52.0 Å². The van der Waals surface area contributed by atoms with E-state index in [0.717, 1.165) is 23.7 Å². The van der Waals surface area contributed by atoms with E-state index in [1.165, 1.54) is 42.5 Å². The second-order valence-electron chi connectivity index (χ2n) is 6.51. The SMILES string of the molecule is CC(C)CCN(c1ccc2scnc2c1N)C1CCCC1. The molecule has 1 heterocycles. The molecule has 1 saturated carbocycles. The van der Waals surface area contributed by atoms with Crippen molar-refractivity contribution in [3.63, 3.8) is 0 Å². The molecule has 0 bridgehead atoms. The van der Waals surface area contributed by atoms with Crippen LogP contribution in [0.5, 0.6) is 0 Å². The Labute approximate surface area is 131 Å². The molecule has 1 aliphatic rings. The third kappa shape index (κ3) is 3.00. The molecule has 1 aromatic heterocycles. The minimum absolute atomic E-state index is 0.655. The van der Waals surface area contributed by atoms with E-state index in [0.29, 0.717) is 6.04 Å². The van der Waals surface area contributed by atoms with Crippen molar-refractivity contribution in [3.05, 3.63) is 17.6 Å². The molecule has 0 unspecified atom stereocenters. The second kappa shape index (κ2) is 6.22. The third-order valence-corrected chi connectivity index (χ3v) is 5.33. The van der Waals surface area contributed by atoms with Gasteiger partial charge < -0.3 is 10.6 Å². The third-order valence-electron chi connectivity index (χ3n) is 4.54. The number of hydrogen-bond acceptors (Lipinski definition) is 4. The molecule has 3 nitrogen and oxygen atoms in total. The number of nitrogens with two attached hydrogens (primary N) is 1. The predicted molar refractivity (Wildman–Crippen MR) is 93.1 cm³/mol. The van der Waals surface area contributed by atoms with Crippen molar-refractivity contribution < 1.29 is 0 Å². The predicted octanol–water partition coefficient (Wildman–Crippen LogP) is 4.67. The molecule has 0 saturated heterocycles. The Bertz CT molecular complexity index is 599. The molecule has 114 valence electrons. The Balaban J connectivity index is 1.94. The first-order valence-electron chi connectivity index (χ1n) is 8.05. The maximum atomic E-state index is 6.44. The Kier molecular flexibility index (Phi) is 4.34. The van der Waals surface area contributed by atoms with E-state index in [9.17, 15) is 0 Å². The van der Waals surface area contributed by atoms with Gasteiger partial charge in [-0.15, -0.1) is 11.3 Å². The molecule has 4 heteroatoms. The lowest BCUT2D eigenvalue weighted by molar-refractivity contribution is 0.529. The van der Waals surface area contributed by atoms with Crippen molar-refractivity contribution in [1.29, 1.82) is 0 Å². The number of anilines is 2. The van der Waals surface area contributed by atoms with E-state index < -0.39 is 0 Å². The zero-order chi connectivity index (χ0) is 14.8. The van der Waals surface area contributed by atoms with Gasteiger partial charge in [-0.05, 0) is 37.3 Å². The minimum atomic E-state index is 0.655. The summed E-state index contributed by atoms with van der Waals surface area (Å²) < 4.78 is 1.19. The maximum absolute atomic E-state index is 6.44. The summed E-state index contributed by atoms with van der Waals surface area (Å²) in [6, 6.07) is 5.03. The molecular weight excluding hydrogens is 278 g/mol. The van der Waals surface area contributed by atoms with Gasteiger partial charge in [0.15, 0.2) is 0 Å². The highest BCUT2D eigenvalue weighted by Gasteiger charge is 2.25. The zero-order valence-corrected chi connectivity index (χ0v) is 13.8. The smallest absolute Gasteiger partial charge is 0.106 e. The molecule has 0 atom stereocenters. The lowest BCUT2D eigenvalue weighted by atomic mass is 10.1. The molecule has 0 aliphatic heterocycles. The van der Waals surface area contributed by atoms with Gasteiger partial charge in [0.2, 0.25) is 0 Å². The highest BCUT2D eigenvalue weighted by molar-refractivity contribution is 7.16. The molecule has 0 spiro atoms. The molecule has 2 aromatic rings. The summed E-state index contributed by atoms with van der Waals surface area (Å²) in [6.45, 7) is 5.68. The second-order valence-corrected chi connectivity index (χ2v) is 7.40. The van der Waals surface area contributed by atoms with Crippen LogP contribution >= 0.6 is 11.3 Å².